The lowest BCUT2D eigenvalue weighted by molar-refractivity contribution is -0.163. The molecule has 0 aromatic heterocycles. The predicted octanol–water partition coefficient (Wildman–Crippen LogP) is 5.44. The number of carbonyl (C=O) groups is 3. The zero-order valence-electron chi connectivity index (χ0n) is 22.9. The van der Waals surface area contributed by atoms with Gasteiger partial charge < -0.3 is 15.0 Å². The molecule has 208 valence electrons. The van der Waals surface area contributed by atoms with Crippen LogP contribution >= 0.6 is 12.6 Å². The van der Waals surface area contributed by atoms with Crippen LogP contribution in [0.1, 0.15) is 67.5 Å². The van der Waals surface area contributed by atoms with E-state index in [9.17, 15) is 14.4 Å². The van der Waals surface area contributed by atoms with Crippen LogP contribution in [-0.2, 0) is 25.5 Å². The van der Waals surface area contributed by atoms with E-state index in [2.05, 4.69) is 17.9 Å². The first-order valence-corrected chi connectivity index (χ1v) is 14.6. The van der Waals surface area contributed by atoms with Crippen molar-refractivity contribution < 1.29 is 19.1 Å². The minimum absolute atomic E-state index is 0.00914. The van der Waals surface area contributed by atoms with Crippen LogP contribution in [0.25, 0.3) is 0 Å². The van der Waals surface area contributed by atoms with Crippen LogP contribution in [0.3, 0.4) is 0 Å². The van der Waals surface area contributed by atoms with E-state index in [0.717, 1.165) is 35.1 Å². The molecule has 1 fully saturated rings. The fourth-order valence-electron chi connectivity index (χ4n) is 5.83. The second kappa shape index (κ2) is 12.3. The van der Waals surface area contributed by atoms with Gasteiger partial charge in [0.2, 0.25) is 11.8 Å². The number of rotatable bonds is 7. The van der Waals surface area contributed by atoms with E-state index in [1.165, 1.54) is 0 Å². The van der Waals surface area contributed by atoms with Gasteiger partial charge in [0.25, 0.3) is 0 Å². The molecule has 5 rings (SSSR count). The Morgan fingerprint density at radius 1 is 0.900 bits per heavy atom. The quantitative estimate of drug-likeness (QED) is 0.300. The van der Waals surface area contributed by atoms with E-state index in [0.29, 0.717) is 12.8 Å². The molecule has 2 amide bonds. The van der Waals surface area contributed by atoms with Gasteiger partial charge in [-0.1, -0.05) is 98.8 Å². The summed E-state index contributed by atoms with van der Waals surface area (Å²) in [4.78, 5) is 42.9. The van der Waals surface area contributed by atoms with E-state index < -0.39 is 29.4 Å². The van der Waals surface area contributed by atoms with Crippen LogP contribution in [-0.4, -0.2) is 40.0 Å². The van der Waals surface area contributed by atoms with Gasteiger partial charge in [0, 0.05) is 6.42 Å². The Hall–Kier alpha value is -3.58. The maximum absolute atomic E-state index is 14.2. The number of amides is 2. The fourth-order valence-corrected chi connectivity index (χ4v) is 5.90. The van der Waals surface area contributed by atoms with Crippen LogP contribution in [0.2, 0.25) is 0 Å². The number of nitrogens with one attached hydrogen (secondary N) is 1. The van der Waals surface area contributed by atoms with E-state index in [-0.39, 0.29) is 23.8 Å². The van der Waals surface area contributed by atoms with Gasteiger partial charge in [-0.15, -0.1) is 0 Å². The summed E-state index contributed by atoms with van der Waals surface area (Å²) in [6, 6.07) is 25.4. The first-order chi connectivity index (χ1) is 19.3. The smallest absolute Gasteiger partial charge is 0.329 e. The molecule has 2 heterocycles. The minimum atomic E-state index is -0.792. The summed E-state index contributed by atoms with van der Waals surface area (Å²) in [5.74, 6) is -0.960. The van der Waals surface area contributed by atoms with Crippen LogP contribution in [0.4, 0.5) is 0 Å². The number of hydrogen-bond donors (Lipinski definition) is 2. The summed E-state index contributed by atoms with van der Waals surface area (Å²) in [6.45, 7) is 3.84. The maximum atomic E-state index is 14.2. The van der Waals surface area contributed by atoms with E-state index >= 15 is 0 Å². The normalized spacial score (nSPS) is 21.3. The average Bonchev–Trinajstić information content (AvgIpc) is 3.10. The van der Waals surface area contributed by atoms with Crippen molar-refractivity contribution in [3.63, 3.8) is 0 Å². The van der Waals surface area contributed by atoms with Gasteiger partial charge in [-0.25, -0.2) is 4.79 Å². The number of carbonyl (C=O) groups excluding carboxylic acids is 3. The monoisotopic (exact) mass is 556 g/mol. The lowest BCUT2D eigenvalue weighted by atomic mass is 9.89. The third-order valence-electron chi connectivity index (χ3n) is 7.94. The molecule has 1 unspecified atom stereocenters. The molecule has 40 heavy (non-hydrogen) atoms. The number of hydrogen-bond acceptors (Lipinski definition) is 5. The van der Waals surface area contributed by atoms with Crippen LogP contribution in [0.15, 0.2) is 84.9 Å². The first-order valence-electron chi connectivity index (χ1n) is 14.0. The van der Waals surface area contributed by atoms with Crippen LogP contribution < -0.4 is 5.32 Å². The molecule has 0 spiro atoms. The number of nitrogens with zero attached hydrogens (tertiary/aromatic N) is 1. The summed E-state index contributed by atoms with van der Waals surface area (Å²) < 4.78 is 6.24. The Morgan fingerprint density at radius 3 is 2.12 bits per heavy atom. The third kappa shape index (κ3) is 5.80. The SMILES string of the molecule is CC(C)[C@@H](S)C(=O)N[C@H]1Cc2ccccc2C2CCC[C@@H](C(=O)OC(c3ccccc3)c3ccccc3)N2C1=O. The lowest BCUT2D eigenvalue weighted by Crippen LogP contribution is -2.57. The molecular formula is C33H36N2O4S. The molecule has 0 bridgehead atoms. The molecule has 1 saturated heterocycles. The topological polar surface area (TPSA) is 75.7 Å². The number of esters is 1. The van der Waals surface area contributed by atoms with E-state index in [4.69, 9.17) is 4.74 Å². The Morgan fingerprint density at radius 2 is 1.50 bits per heavy atom. The molecule has 6 nitrogen and oxygen atoms in total. The molecule has 0 radical (unpaired) electrons. The van der Waals surface area contributed by atoms with Gasteiger partial charge in [0.15, 0.2) is 6.10 Å². The highest BCUT2D eigenvalue weighted by Gasteiger charge is 2.45. The molecule has 1 N–H and O–H groups in total. The van der Waals surface area contributed by atoms with Crippen molar-refractivity contribution in [1.82, 2.24) is 10.2 Å². The van der Waals surface area contributed by atoms with Gasteiger partial charge in [0.1, 0.15) is 12.1 Å². The molecule has 0 saturated carbocycles. The molecule has 3 aromatic rings. The third-order valence-corrected chi connectivity index (χ3v) is 8.78. The van der Waals surface area contributed by atoms with E-state index in [1.54, 1.807) is 4.90 Å². The number of fused-ring (bicyclic) bond motifs is 3. The second-order valence-corrected chi connectivity index (χ2v) is 11.6. The molecule has 7 heteroatoms. The van der Waals surface area contributed by atoms with Crippen molar-refractivity contribution in [1.29, 1.82) is 0 Å². The van der Waals surface area contributed by atoms with Gasteiger partial charge in [0.05, 0.1) is 11.3 Å². The predicted molar refractivity (Wildman–Crippen MR) is 158 cm³/mol. The Kier molecular flexibility index (Phi) is 8.60. The molecule has 4 atom stereocenters. The fraction of sp³-hybridized carbons (Fsp3) is 0.364. The maximum Gasteiger partial charge on any atom is 0.329 e. The Labute approximate surface area is 241 Å². The second-order valence-electron chi connectivity index (χ2n) is 11.0. The van der Waals surface area contributed by atoms with Gasteiger partial charge >= 0.3 is 5.97 Å². The lowest BCUT2D eigenvalue weighted by Gasteiger charge is -2.41. The highest BCUT2D eigenvalue weighted by molar-refractivity contribution is 7.81. The number of benzene rings is 3. The number of ether oxygens (including phenoxy) is 1. The Bertz CT molecular complexity index is 1310. The molecule has 2 aliphatic rings. The van der Waals surface area contributed by atoms with Gasteiger partial charge in [-0.2, -0.15) is 12.6 Å². The standard InChI is InChI=1S/C33H36N2O4S/c1-21(2)30(40)31(36)34-26-20-24-16-9-10-17-25(24)27-18-11-19-28(35(27)32(26)37)33(38)39-29(22-12-5-3-6-13-22)23-14-7-4-8-15-23/h3-10,12-17,21,26-30,40H,11,18-20H2,1-2H3,(H,34,36)/t26-,27?,28-,30+/m0/s1. The summed E-state index contributed by atoms with van der Waals surface area (Å²) >= 11 is 4.47. The van der Waals surface area contributed by atoms with Crippen molar-refractivity contribution >= 4 is 30.4 Å². The minimum Gasteiger partial charge on any atom is -0.451 e. The molecule has 0 aliphatic carbocycles. The largest absolute Gasteiger partial charge is 0.451 e. The van der Waals surface area contributed by atoms with Gasteiger partial charge in [-0.05, 0) is 47.4 Å². The highest BCUT2D eigenvalue weighted by atomic mass is 32.1. The van der Waals surface area contributed by atoms with Crippen molar-refractivity contribution in [3.05, 3.63) is 107 Å². The van der Waals surface area contributed by atoms with Crippen LogP contribution in [0.5, 0.6) is 0 Å². The molecular weight excluding hydrogens is 520 g/mol. The Balaban J connectivity index is 1.48. The number of thiol groups is 1. The zero-order valence-corrected chi connectivity index (χ0v) is 23.8. The van der Waals surface area contributed by atoms with Crippen molar-refractivity contribution in [3.8, 4) is 0 Å². The van der Waals surface area contributed by atoms with E-state index in [1.807, 2.05) is 98.8 Å². The van der Waals surface area contributed by atoms with Crippen LogP contribution in [0, 0.1) is 5.92 Å². The van der Waals surface area contributed by atoms with Crippen molar-refractivity contribution in [2.75, 3.05) is 0 Å². The van der Waals surface area contributed by atoms with Gasteiger partial charge in [-0.3, -0.25) is 9.59 Å². The van der Waals surface area contributed by atoms with Crippen molar-refractivity contribution in [2.45, 2.75) is 69.0 Å². The van der Waals surface area contributed by atoms with Crippen molar-refractivity contribution in [2.24, 2.45) is 5.92 Å². The first kappa shape index (κ1) is 28.0. The summed E-state index contributed by atoms with van der Waals surface area (Å²) in [6.07, 6.45) is 1.80. The molecule has 3 aromatic carbocycles. The number of piperidine rings is 1. The summed E-state index contributed by atoms with van der Waals surface area (Å²) in [5, 5.41) is 2.42. The average molecular weight is 557 g/mol. The summed E-state index contributed by atoms with van der Waals surface area (Å²) in [5.41, 5.74) is 3.76. The zero-order chi connectivity index (χ0) is 28.2. The summed E-state index contributed by atoms with van der Waals surface area (Å²) in [7, 11) is 0. The molecule has 2 aliphatic heterocycles. The highest BCUT2D eigenvalue weighted by Crippen LogP contribution is 2.40.